The molecule has 0 aromatic carbocycles. The second kappa shape index (κ2) is 4.79. The van der Waals surface area contributed by atoms with Crippen LogP contribution in [0.1, 0.15) is 10.7 Å². The summed E-state index contributed by atoms with van der Waals surface area (Å²) >= 11 is 3.52. The number of thioether (sulfide) groups is 1. The first kappa shape index (κ1) is 9.98. The van der Waals surface area contributed by atoms with Gasteiger partial charge in [0.25, 0.3) is 0 Å². The first-order valence-corrected chi connectivity index (χ1v) is 6.53. The van der Waals surface area contributed by atoms with Crippen molar-refractivity contribution in [2.75, 3.05) is 18.8 Å². The molecule has 0 amide bonds. The molecule has 76 valence electrons. The highest BCUT2D eigenvalue weighted by Gasteiger charge is 2.05. The first-order chi connectivity index (χ1) is 6.84. The van der Waals surface area contributed by atoms with E-state index in [9.17, 15) is 0 Å². The van der Waals surface area contributed by atoms with Crippen LogP contribution < -0.4 is 5.32 Å². The quantitative estimate of drug-likeness (QED) is 0.854. The van der Waals surface area contributed by atoms with Crippen LogP contribution in [0.2, 0.25) is 0 Å². The van der Waals surface area contributed by atoms with E-state index in [4.69, 9.17) is 0 Å². The third-order valence-corrected chi connectivity index (χ3v) is 3.67. The van der Waals surface area contributed by atoms with Crippen molar-refractivity contribution >= 4 is 28.3 Å². The van der Waals surface area contributed by atoms with Crippen molar-refractivity contribution in [3.63, 3.8) is 0 Å². The maximum absolute atomic E-state index is 4.41. The molecule has 1 aromatic heterocycles. The van der Waals surface area contributed by atoms with Gasteiger partial charge in [0.1, 0.15) is 0 Å². The minimum atomic E-state index is 0.939. The maximum atomic E-state index is 4.41. The van der Waals surface area contributed by atoms with E-state index in [-0.39, 0.29) is 0 Å². The molecule has 1 aliphatic rings. The lowest BCUT2D eigenvalue weighted by Gasteiger charge is -2.02. The Morgan fingerprint density at radius 3 is 3.14 bits per heavy atom. The molecule has 0 spiro atoms. The van der Waals surface area contributed by atoms with Crippen molar-refractivity contribution < 1.29 is 0 Å². The standard InChI is InChI=1S/C9H13N3S2/c1-7-12-8(6-14-7)2-3-10-9-11-4-5-13-9/h6H,2-5H2,1H3,(H,10,11). The van der Waals surface area contributed by atoms with Gasteiger partial charge < -0.3 is 5.32 Å². The molecule has 0 bridgehead atoms. The van der Waals surface area contributed by atoms with E-state index in [2.05, 4.69) is 20.7 Å². The predicted octanol–water partition coefficient (Wildman–Crippen LogP) is 1.69. The van der Waals surface area contributed by atoms with Gasteiger partial charge in [-0.2, -0.15) is 0 Å². The normalized spacial score (nSPS) is 15.6. The second-order valence-corrected chi connectivity index (χ2v) is 5.22. The summed E-state index contributed by atoms with van der Waals surface area (Å²) in [6.45, 7) is 3.94. The number of hydrogen-bond acceptors (Lipinski definition) is 5. The zero-order valence-corrected chi connectivity index (χ0v) is 9.75. The fraction of sp³-hybridized carbons (Fsp3) is 0.556. The maximum Gasteiger partial charge on any atom is 0.156 e. The van der Waals surface area contributed by atoms with Crippen molar-refractivity contribution in [3.05, 3.63) is 16.1 Å². The second-order valence-electron chi connectivity index (χ2n) is 3.07. The van der Waals surface area contributed by atoms with Crippen molar-refractivity contribution in [2.45, 2.75) is 13.3 Å². The summed E-state index contributed by atoms with van der Waals surface area (Å²) < 4.78 is 0. The summed E-state index contributed by atoms with van der Waals surface area (Å²) in [5.74, 6) is 1.12. The topological polar surface area (TPSA) is 37.3 Å². The first-order valence-electron chi connectivity index (χ1n) is 4.67. The largest absolute Gasteiger partial charge is 0.365 e. The molecule has 0 unspecified atom stereocenters. The fourth-order valence-corrected chi connectivity index (χ4v) is 2.67. The Hall–Kier alpha value is -0.550. The van der Waals surface area contributed by atoms with Gasteiger partial charge in [0.15, 0.2) is 5.17 Å². The van der Waals surface area contributed by atoms with Gasteiger partial charge in [0.2, 0.25) is 0 Å². The zero-order chi connectivity index (χ0) is 9.80. The van der Waals surface area contributed by atoms with E-state index in [0.29, 0.717) is 0 Å². The minimum absolute atomic E-state index is 0.939. The molecule has 2 rings (SSSR count). The molecule has 1 aromatic rings. The molecule has 0 aliphatic carbocycles. The van der Waals surface area contributed by atoms with Crippen LogP contribution in [0.4, 0.5) is 0 Å². The predicted molar refractivity (Wildman–Crippen MR) is 63.3 cm³/mol. The zero-order valence-electron chi connectivity index (χ0n) is 8.12. The highest BCUT2D eigenvalue weighted by atomic mass is 32.2. The lowest BCUT2D eigenvalue weighted by atomic mass is 10.3. The number of rotatable bonds is 3. The van der Waals surface area contributed by atoms with Gasteiger partial charge in [0.05, 0.1) is 17.2 Å². The van der Waals surface area contributed by atoms with Gasteiger partial charge in [-0.3, -0.25) is 4.99 Å². The summed E-state index contributed by atoms with van der Waals surface area (Å²) in [4.78, 5) is 8.73. The van der Waals surface area contributed by atoms with E-state index < -0.39 is 0 Å². The summed E-state index contributed by atoms with van der Waals surface area (Å²) in [5, 5.41) is 7.68. The van der Waals surface area contributed by atoms with Crippen LogP contribution in [0.3, 0.4) is 0 Å². The molecular formula is C9H13N3S2. The number of aryl methyl sites for hydroxylation is 1. The van der Waals surface area contributed by atoms with Crippen LogP contribution in [0.15, 0.2) is 10.4 Å². The van der Waals surface area contributed by atoms with Gasteiger partial charge in [-0.25, -0.2) is 4.98 Å². The van der Waals surface area contributed by atoms with Crippen LogP contribution in [0, 0.1) is 6.92 Å². The van der Waals surface area contributed by atoms with Crippen LogP contribution in [0.25, 0.3) is 0 Å². The Morgan fingerprint density at radius 2 is 2.50 bits per heavy atom. The van der Waals surface area contributed by atoms with E-state index in [0.717, 1.165) is 35.4 Å². The Labute approximate surface area is 92.0 Å². The molecule has 0 atom stereocenters. The van der Waals surface area contributed by atoms with Crippen LogP contribution >= 0.6 is 23.1 Å². The molecule has 0 saturated carbocycles. The third-order valence-electron chi connectivity index (χ3n) is 1.91. The monoisotopic (exact) mass is 227 g/mol. The molecule has 3 nitrogen and oxygen atoms in total. The smallest absolute Gasteiger partial charge is 0.156 e. The van der Waals surface area contributed by atoms with Gasteiger partial charge >= 0.3 is 0 Å². The SMILES string of the molecule is Cc1nc(CCNC2=NCCS2)cs1. The third kappa shape index (κ3) is 2.72. The number of nitrogens with zero attached hydrogens (tertiary/aromatic N) is 2. The van der Waals surface area contributed by atoms with Crippen LogP contribution in [-0.4, -0.2) is 29.0 Å². The number of nitrogens with one attached hydrogen (secondary N) is 1. The molecule has 2 heterocycles. The summed E-state index contributed by atoms with van der Waals surface area (Å²) in [6, 6.07) is 0. The molecule has 0 saturated heterocycles. The van der Waals surface area contributed by atoms with Gasteiger partial charge in [-0.05, 0) is 6.92 Å². The molecule has 1 aliphatic heterocycles. The Balaban J connectivity index is 1.72. The van der Waals surface area contributed by atoms with Gasteiger partial charge in [0, 0.05) is 24.1 Å². The Kier molecular flexibility index (Phi) is 3.42. The van der Waals surface area contributed by atoms with Crippen molar-refractivity contribution in [2.24, 2.45) is 4.99 Å². The van der Waals surface area contributed by atoms with E-state index in [1.54, 1.807) is 23.1 Å². The Morgan fingerprint density at radius 1 is 1.57 bits per heavy atom. The fourth-order valence-electron chi connectivity index (χ4n) is 1.26. The molecular weight excluding hydrogens is 214 g/mol. The number of amidine groups is 1. The average molecular weight is 227 g/mol. The number of thiazole rings is 1. The average Bonchev–Trinajstić information content (AvgIpc) is 2.77. The van der Waals surface area contributed by atoms with Gasteiger partial charge in [-0.15, -0.1) is 11.3 Å². The summed E-state index contributed by atoms with van der Waals surface area (Å²) in [7, 11) is 0. The Bertz CT molecular complexity index is 333. The number of hydrogen-bond donors (Lipinski definition) is 1. The molecule has 1 N–H and O–H groups in total. The van der Waals surface area contributed by atoms with Crippen LogP contribution in [0.5, 0.6) is 0 Å². The molecule has 0 fully saturated rings. The molecule has 14 heavy (non-hydrogen) atoms. The summed E-state index contributed by atoms with van der Waals surface area (Å²) in [6.07, 6.45) is 0.990. The number of aliphatic imine (C=N–C) groups is 1. The van der Waals surface area contributed by atoms with E-state index >= 15 is 0 Å². The highest BCUT2D eigenvalue weighted by Crippen LogP contribution is 2.10. The highest BCUT2D eigenvalue weighted by molar-refractivity contribution is 8.14. The van der Waals surface area contributed by atoms with Crippen molar-refractivity contribution in [3.8, 4) is 0 Å². The van der Waals surface area contributed by atoms with Gasteiger partial charge in [-0.1, -0.05) is 11.8 Å². The molecule has 5 heteroatoms. The molecule has 0 radical (unpaired) electrons. The van der Waals surface area contributed by atoms with Crippen LogP contribution in [-0.2, 0) is 6.42 Å². The summed E-state index contributed by atoms with van der Waals surface area (Å²) in [5.41, 5.74) is 1.18. The van der Waals surface area contributed by atoms with E-state index in [1.165, 1.54) is 5.69 Å². The van der Waals surface area contributed by atoms with Crippen molar-refractivity contribution in [1.29, 1.82) is 0 Å². The van der Waals surface area contributed by atoms with E-state index in [1.807, 2.05) is 6.92 Å². The lowest BCUT2D eigenvalue weighted by Crippen LogP contribution is -2.21. The number of aromatic nitrogens is 1. The van der Waals surface area contributed by atoms with Crippen molar-refractivity contribution in [1.82, 2.24) is 10.3 Å². The lowest BCUT2D eigenvalue weighted by molar-refractivity contribution is 0.851. The minimum Gasteiger partial charge on any atom is -0.365 e.